The standard InChI is InChI=1S/C21H28N4O/c1-24-12-14-25(15-13-24)20(18-10-6-3-7-11-18)21(26)23-16-19(22)17-8-4-2-5-9-17/h2-11,19-20H,12-16,22H2,1H3,(H,23,26). The van der Waals surface area contributed by atoms with Gasteiger partial charge in [-0.3, -0.25) is 9.69 Å². The maximum atomic E-state index is 13.0. The van der Waals surface area contributed by atoms with E-state index < -0.39 is 0 Å². The van der Waals surface area contributed by atoms with Crippen molar-refractivity contribution in [1.82, 2.24) is 15.1 Å². The van der Waals surface area contributed by atoms with E-state index in [2.05, 4.69) is 22.2 Å². The zero-order chi connectivity index (χ0) is 18.4. The number of carbonyl (C=O) groups is 1. The van der Waals surface area contributed by atoms with Crippen molar-refractivity contribution in [2.75, 3.05) is 39.8 Å². The number of nitrogens with one attached hydrogen (secondary N) is 1. The molecule has 1 saturated heterocycles. The molecule has 0 bridgehead atoms. The van der Waals surface area contributed by atoms with E-state index in [-0.39, 0.29) is 18.0 Å². The summed E-state index contributed by atoms with van der Waals surface area (Å²) in [6, 6.07) is 19.4. The van der Waals surface area contributed by atoms with Crippen LogP contribution >= 0.6 is 0 Å². The van der Waals surface area contributed by atoms with E-state index in [1.165, 1.54) is 0 Å². The lowest BCUT2D eigenvalue weighted by molar-refractivity contribution is -0.127. The first-order valence-corrected chi connectivity index (χ1v) is 9.21. The summed E-state index contributed by atoms with van der Waals surface area (Å²) in [6.45, 7) is 4.14. The van der Waals surface area contributed by atoms with Crippen LogP contribution in [0.15, 0.2) is 60.7 Å². The molecule has 0 spiro atoms. The van der Waals surface area contributed by atoms with Crippen LogP contribution in [-0.2, 0) is 4.79 Å². The summed E-state index contributed by atoms with van der Waals surface area (Å²) in [5.74, 6) is 0.0205. The Balaban J connectivity index is 1.69. The van der Waals surface area contributed by atoms with Gasteiger partial charge in [-0.15, -0.1) is 0 Å². The molecule has 1 heterocycles. The lowest BCUT2D eigenvalue weighted by Crippen LogP contribution is -2.50. The number of piperazine rings is 1. The van der Waals surface area contributed by atoms with Crippen molar-refractivity contribution in [3.8, 4) is 0 Å². The van der Waals surface area contributed by atoms with Gasteiger partial charge in [0.2, 0.25) is 5.91 Å². The molecule has 0 saturated carbocycles. The average Bonchev–Trinajstić information content (AvgIpc) is 2.69. The molecule has 5 nitrogen and oxygen atoms in total. The predicted molar refractivity (Wildman–Crippen MR) is 105 cm³/mol. The van der Waals surface area contributed by atoms with Crippen molar-refractivity contribution < 1.29 is 4.79 Å². The Bertz CT molecular complexity index is 684. The molecule has 1 amide bonds. The Morgan fingerprint density at radius 2 is 1.50 bits per heavy atom. The Hall–Kier alpha value is -2.21. The minimum Gasteiger partial charge on any atom is -0.353 e. The molecule has 138 valence electrons. The summed E-state index contributed by atoms with van der Waals surface area (Å²) in [7, 11) is 2.12. The van der Waals surface area contributed by atoms with Crippen molar-refractivity contribution in [1.29, 1.82) is 0 Å². The summed E-state index contributed by atoms with van der Waals surface area (Å²) in [4.78, 5) is 17.6. The first kappa shape index (κ1) is 18.6. The number of nitrogens with two attached hydrogens (primary N) is 1. The van der Waals surface area contributed by atoms with Crippen LogP contribution in [0, 0.1) is 0 Å². The fourth-order valence-electron chi connectivity index (χ4n) is 3.37. The Kier molecular flexibility index (Phi) is 6.39. The first-order valence-electron chi connectivity index (χ1n) is 9.21. The van der Waals surface area contributed by atoms with Gasteiger partial charge in [0.05, 0.1) is 0 Å². The first-order chi connectivity index (χ1) is 12.6. The van der Waals surface area contributed by atoms with Crippen LogP contribution in [-0.4, -0.2) is 55.5 Å². The maximum Gasteiger partial charge on any atom is 0.242 e. The monoisotopic (exact) mass is 352 g/mol. The van der Waals surface area contributed by atoms with Crippen molar-refractivity contribution in [2.45, 2.75) is 12.1 Å². The second-order valence-corrected chi connectivity index (χ2v) is 6.91. The molecule has 1 aliphatic rings. The van der Waals surface area contributed by atoms with Crippen molar-refractivity contribution >= 4 is 5.91 Å². The van der Waals surface area contributed by atoms with Crippen molar-refractivity contribution in [3.05, 3.63) is 71.8 Å². The van der Waals surface area contributed by atoms with E-state index >= 15 is 0 Å². The van der Waals surface area contributed by atoms with Gasteiger partial charge in [-0.2, -0.15) is 0 Å². The SMILES string of the molecule is CN1CCN(C(C(=O)NCC(N)c2ccccc2)c2ccccc2)CC1. The number of rotatable bonds is 6. The smallest absolute Gasteiger partial charge is 0.242 e. The van der Waals surface area contributed by atoms with Gasteiger partial charge in [0.25, 0.3) is 0 Å². The molecule has 2 aromatic rings. The van der Waals surface area contributed by atoms with Crippen LogP contribution in [0.5, 0.6) is 0 Å². The topological polar surface area (TPSA) is 61.6 Å². The normalized spacial score (nSPS) is 18.2. The summed E-state index contributed by atoms with van der Waals surface area (Å²) in [5, 5.41) is 3.07. The number of benzene rings is 2. The number of nitrogens with zero attached hydrogens (tertiary/aromatic N) is 2. The molecule has 0 radical (unpaired) electrons. The Morgan fingerprint density at radius 3 is 2.08 bits per heavy atom. The van der Waals surface area contributed by atoms with Crippen molar-refractivity contribution in [3.63, 3.8) is 0 Å². The maximum absolute atomic E-state index is 13.0. The molecule has 3 N–H and O–H groups in total. The van der Waals surface area contributed by atoms with Crippen LogP contribution in [0.2, 0.25) is 0 Å². The quantitative estimate of drug-likeness (QED) is 0.832. The van der Waals surface area contributed by atoms with Crippen LogP contribution in [0.1, 0.15) is 23.2 Å². The minimum atomic E-state index is -0.270. The Labute approximate surface area is 155 Å². The highest BCUT2D eigenvalue weighted by Crippen LogP contribution is 2.22. The van der Waals surface area contributed by atoms with Crippen molar-refractivity contribution in [2.24, 2.45) is 5.73 Å². The third kappa shape index (κ3) is 4.69. The number of hydrogen-bond acceptors (Lipinski definition) is 4. The summed E-state index contributed by atoms with van der Waals surface area (Å²) >= 11 is 0. The van der Waals surface area contributed by atoms with Crippen LogP contribution in [0.4, 0.5) is 0 Å². The molecule has 26 heavy (non-hydrogen) atoms. The largest absolute Gasteiger partial charge is 0.353 e. The predicted octanol–water partition coefficient (Wildman–Crippen LogP) is 1.79. The molecule has 3 rings (SSSR count). The van der Waals surface area contributed by atoms with Gasteiger partial charge >= 0.3 is 0 Å². The van der Waals surface area contributed by atoms with Gasteiger partial charge in [0.1, 0.15) is 6.04 Å². The molecule has 2 atom stereocenters. The molecule has 2 aromatic carbocycles. The molecule has 2 unspecified atom stereocenters. The minimum absolute atomic E-state index is 0.0205. The summed E-state index contributed by atoms with van der Waals surface area (Å²) in [5.41, 5.74) is 8.31. The van der Waals surface area contributed by atoms with Crippen LogP contribution in [0.3, 0.4) is 0 Å². The lowest BCUT2D eigenvalue weighted by atomic mass is 10.0. The third-order valence-electron chi connectivity index (χ3n) is 4.99. The highest BCUT2D eigenvalue weighted by molar-refractivity contribution is 5.83. The van der Waals surface area contributed by atoms with E-state index in [0.29, 0.717) is 6.54 Å². The molecule has 1 fully saturated rings. The molecule has 1 aliphatic heterocycles. The summed E-state index contributed by atoms with van der Waals surface area (Å²) < 4.78 is 0. The van der Waals surface area contributed by atoms with Gasteiger partial charge in [0, 0.05) is 38.8 Å². The second-order valence-electron chi connectivity index (χ2n) is 6.91. The number of amides is 1. The zero-order valence-electron chi connectivity index (χ0n) is 15.3. The second kappa shape index (κ2) is 8.94. The summed E-state index contributed by atoms with van der Waals surface area (Å²) in [6.07, 6.45) is 0. The number of hydrogen-bond donors (Lipinski definition) is 2. The molecule has 0 aliphatic carbocycles. The fraction of sp³-hybridized carbons (Fsp3) is 0.381. The fourth-order valence-corrected chi connectivity index (χ4v) is 3.37. The Morgan fingerprint density at radius 1 is 0.962 bits per heavy atom. The number of likely N-dealkylation sites (N-methyl/N-ethyl adjacent to an activating group) is 1. The number of carbonyl (C=O) groups excluding carboxylic acids is 1. The van der Waals surface area contributed by atoms with E-state index in [1.54, 1.807) is 0 Å². The van der Waals surface area contributed by atoms with Gasteiger partial charge < -0.3 is 16.0 Å². The van der Waals surface area contributed by atoms with Crippen LogP contribution < -0.4 is 11.1 Å². The van der Waals surface area contributed by atoms with Gasteiger partial charge in [-0.25, -0.2) is 0 Å². The highest BCUT2D eigenvalue weighted by Gasteiger charge is 2.29. The third-order valence-corrected chi connectivity index (χ3v) is 4.99. The average molecular weight is 352 g/mol. The van der Waals surface area contributed by atoms with Gasteiger partial charge in [-0.1, -0.05) is 60.7 Å². The molecule has 0 aromatic heterocycles. The molecule has 5 heteroatoms. The van der Waals surface area contributed by atoms with E-state index in [1.807, 2.05) is 60.7 Å². The van der Waals surface area contributed by atoms with E-state index in [9.17, 15) is 4.79 Å². The van der Waals surface area contributed by atoms with Gasteiger partial charge in [0.15, 0.2) is 0 Å². The lowest BCUT2D eigenvalue weighted by Gasteiger charge is -2.37. The van der Waals surface area contributed by atoms with Gasteiger partial charge in [-0.05, 0) is 18.2 Å². The molecular weight excluding hydrogens is 324 g/mol. The zero-order valence-corrected chi connectivity index (χ0v) is 15.3. The van der Waals surface area contributed by atoms with Crippen LogP contribution in [0.25, 0.3) is 0 Å². The molecular formula is C21H28N4O. The van der Waals surface area contributed by atoms with E-state index in [4.69, 9.17) is 5.73 Å². The van der Waals surface area contributed by atoms with E-state index in [0.717, 1.165) is 37.3 Å². The highest BCUT2D eigenvalue weighted by atomic mass is 16.2.